The normalized spacial score (nSPS) is 10.9. The fourth-order valence-electron chi connectivity index (χ4n) is 2.54. The maximum absolute atomic E-state index is 11.8. The van der Waals surface area contributed by atoms with Crippen molar-refractivity contribution in [3.63, 3.8) is 0 Å². The second-order valence-corrected chi connectivity index (χ2v) is 5.59. The van der Waals surface area contributed by atoms with Crippen LogP contribution >= 0.6 is 0 Å². The Morgan fingerprint density at radius 1 is 1.00 bits per heavy atom. The number of nitrogens with two attached hydrogens (primary N) is 1. The van der Waals surface area contributed by atoms with Crippen LogP contribution in [0, 0.1) is 6.92 Å². The minimum Gasteiger partial charge on any atom is -0.369 e. The second kappa shape index (κ2) is 9.56. The number of hydrogen-bond acceptors (Lipinski definition) is 3. The Morgan fingerprint density at radius 2 is 1.55 bits per heavy atom. The summed E-state index contributed by atoms with van der Waals surface area (Å²) in [5.41, 5.74) is 6.99. The summed E-state index contributed by atoms with van der Waals surface area (Å²) in [5, 5.41) is 0. The number of nitrogens with zero attached hydrogens (tertiary/aromatic N) is 1. The molecular formula is C16H29N3O. The summed E-state index contributed by atoms with van der Waals surface area (Å²) in [6.07, 6.45) is 12.4. The van der Waals surface area contributed by atoms with Gasteiger partial charge >= 0.3 is 0 Å². The van der Waals surface area contributed by atoms with Crippen LogP contribution in [0.25, 0.3) is 0 Å². The molecule has 0 aliphatic carbocycles. The molecule has 1 aromatic rings. The van der Waals surface area contributed by atoms with Gasteiger partial charge in [-0.2, -0.15) is 0 Å². The molecule has 0 amide bonds. The molecule has 0 radical (unpaired) electrons. The molecule has 0 aliphatic heterocycles. The van der Waals surface area contributed by atoms with Gasteiger partial charge in [-0.3, -0.25) is 9.78 Å². The summed E-state index contributed by atoms with van der Waals surface area (Å²) < 4.78 is 0. The Kier molecular flexibility index (Phi) is 8.00. The predicted octanol–water partition coefficient (Wildman–Crippen LogP) is 3.73. The largest absolute Gasteiger partial charge is 0.369 e. The zero-order valence-electron chi connectivity index (χ0n) is 13.0. The van der Waals surface area contributed by atoms with E-state index in [2.05, 4.69) is 16.9 Å². The minimum absolute atomic E-state index is 0.0745. The van der Waals surface area contributed by atoms with Crippen LogP contribution in [0.1, 0.15) is 76.0 Å². The second-order valence-electron chi connectivity index (χ2n) is 5.59. The van der Waals surface area contributed by atoms with Crippen molar-refractivity contribution in [1.82, 2.24) is 9.97 Å². The van der Waals surface area contributed by atoms with E-state index in [0.717, 1.165) is 24.1 Å². The Balaban J connectivity index is 2.14. The molecule has 0 unspecified atom stereocenters. The molecule has 0 fully saturated rings. The first kappa shape index (κ1) is 16.7. The number of aryl methyl sites for hydroxylation is 1. The zero-order chi connectivity index (χ0) is 14.8. The Morgan fingerprint density at radius 3 is 2.10 bits per heavy atom. The van der Waals surface area contributed by atoms with Crippen molar-refractivity contribution in [2.45, 2.75) is 78.1 Å². The lowest BCUT2D eigenvalue weighted by atomic mass is 10.0. The van der Waals surface area contributed by atoms with E-state index < -0.39 is 0 Å². The van der Waals surface area contributed by atoms with Crippen LogP contribution in [0.2, 0.25) is 0 Å². The van der Waals surface area contributed by atoms with E-state index in [1.54, 1.807) is 0 Å². The summed E-state index contributed by atoms with van der Waals surface area (Å²) in [7, 11) is 0. The van der Waals surface area contributed by atoms with Gasteiger partial charge < -0.3 is 5.73 Å². The average Bonchev–Trinajstić information content (AvgIpc) is 2.39. The first-order valence-electron chi connectivity index (χ1n) is 8.00. The molecule has 0 aromatic carbocycles. The Hall–Kier alpha value is -1.32. The number of nitrogens with one attached hydrogen (secondary N) is 1. The van der Waals surface area contributed by atoms with Gasteiger partial charge in [-0.05, 0) is 19.8 Å². The van der Waals surface area contributed by atoms with Gasteiger partial charge in [0.15, 0.2) is 0 Å². The zero-order valence-corrected chi connectivity index (χ0v) is 13.0. The van der Waals surface area contributed by atoms with Crippen molar-refractivity contribution in [3.8, 4) is 0 Å². The number of hydrogen-bond donors (Lipinski definition) is 2. The number of aromatic amines is 1. The molecule has 114 valence electrons. The van der Waals surface area contributed by atoms with E-state index in [1.165, 1.54) is 51.4 Å². The maximum atomic E-state index is 11.8. The van der Waals surface area contributed by atoms with Crippen molar-refractivity contribution in [2.24, 2.45) is 0 Å². The van der Waals surface area contributed by atoms with Gasteiger partial charge in [0.05, 0.1) is 0 Å². The van der Waals surface area contributed by atoms with Gasteiger partial charge in [0, 0.05) is 11.3 Å². The summed E-state index contributed by atoms with van der Waals surface area (Å²) in [4.78, 5) is 18.4. The highest BCUT2D eigenvalue weighted by molar-refractivity contribution is 5.24. The third-order valence-corrected chi connectivity index (χ3v) is 3.77. The van der Waals surface area contributed by atoms with Crippen molar-refractivity contribution in [1.29, 1.82) is 0 Å². The number of H-pyrrole nitrogens is 1. The molecule has 1 heterocycles. The monoisotopic (exact) mass is 279 g/mol. The number of nitrogen functional groups attached to an aromatic ring is 1. The quantitative estimate of drug-likeness (QED) is 0.641. The van der Waals surface area contributed by atoms with Crippen LogP contribution in [0.4, 0.5) is 5.95 Å². The van der Waals surface area contributed by atoms with Crippen LogP contribution in [-0.4, -0.2) is 9.97 Å². The highest BCUT2D eigenvalue weighted by Gasteiger charge is 2.06. The van der Waals surface area contributed by atoms with Gasteiger partial charge in [0.25, 0.3) is 5.56 Å². The van der Waals surface area contributed by atoms with Crippen molar-refractivity contribution >= 4 is 5.95 Å². The molecule has 0 atom stereocenters. The molecular weight excluding hydrogens is 250 g/mol. The van der Waals surface area contributed by atoms with E-state index in [9.17, 15) is 4.79 Å². The molecule has 4 heteroatoms. The van der Waals surface area contributed by atoms with Crippen molar-refractivity contribution in [2.75, 3.05) is 5.73 Å². The molecule has 0 aliphatic rings. The summed E-state index contributed by atoms with van der Waals surface area (Å²) in [6, 6.07) is 0. The lowest BCUT2D eigenvalue weighted by molar-refractivity contribution is 0.564. The minimum atomic E-state index is -0.0745. The van der Waals surface area contributed by atoms with E-state index in [0.29, 0.717) is 0 Å². The third kappa shape index (κ3) is 6.22. The third-order valence-electron chi connectivity index (χ3n) is 3.77. The molecule has 0 bridgehead atoms. The highest BCUT2D eigenvalue weighted by Crippen LogP contribution is 2.11. The first-order chi connectivity index (χ1) is 9.65. The van der Waals surface area contributed by atoms with Crippen molar-refractivity contribution in [3.05, 3.63) is 21.6 Å². The fraction of sp³-hybridized carbons (Fsp3) is 0.750. The van der Waals surface area contributed by atoms with Gasteiger partial charge in [-0.1, -0.05) is 58.3 Å². The molecule has 3 N–H and O–H groups in total. The molecule has 0 saturated heterocycles. The summed E-state index contributed by atoms with van der Waals surface area (Å²) in [6.45, 7) is 4.10. The molecule has 1 aromatic heterocycles. The Labute approximate surface area is 122 Å². The van der Waals surface area contributed by atoms with Crippen LogP contribution in [0.5, 0.6) is 0 Å². The number of rotatable bonds is 10. The van der Waals surface area contributed by atoms with Gasteiger partial charge in [0.2, 0.25) is 5.95 Å². The Bertz CT molecular complexity index is 440. The fourth-order valence-corrected chi connectivity index (χ4v) is 2.54. The summed E-state index contributed by atoms with van der Waals surface area (Å²) in [5.74, 6) is 0.211. The topological polar surface area (TPSA) is 71.8 Å². The molecule has 1 rings (SSSR count). The molecule has 4 nitrogen and oxygen atoms in total. The lowest BCUT2D eigenvalue weighted by Crippen LogP contribution is -2.18. The number of anilines is 1. The number of aromatic nitrogens is 2. The van der Waals surface area contributed by atoms with Crippen LogP contribution < -0.4 is 11.3 Å². The summed E-state index contributed by atoms with van der Waals surface area (Å²) >= 11 is 0. The average molecular weight is 279 g/mol. The molecule has 0 saturated carbocycles. The smallest absolute Gasteiger partial charge is 0.255 e. The maximum Gasteiger partial charge on any atom is 0.255 e. The SMILES string of the molecule is CCCCCCCCCCCc1c(C)nc(N)[nH]c1=O. The van der Waals surface area contributed by atoms with E-state index >= 15 is 0 Å². The predicted molar refractivity (Wildman–Crippen MR) is 84.9 cm³/mol. The lowest BCUT2D eigenvalue weighted by Gasteiger charge is -2.05. The van der Waals surface area contributed by atoms with E-state index in [4.69, 9.17) is 5.73 Å². The number of unbranched alkanes of at least 4 members (excludes halogenated alkanes) is 8. The van der Waals surface area contributed by atoms with Crippen LogP contribution in [-0.2, 0) is 6.42 Å². The van der Waals surface area contributed by atoms with E-state index in [-0.39, 0.29) is 11.5 Å². The molecule has 20 heavy (non-hydrogen) atoms. The van der Waals surface area contributed by atoms with Crippen LogP contribution in [0.3, 0.4) is 0 Å². The van der Waals surface area contributed by atoms with Crippen LogP contribution in [0.15, 0.2) is 4.79 Å². The van der Waals surface area contributed by atoms with Gasteiger partial charge in [-0.15, -0.1) is 0 Å². The van der Waals surface area contributed by atoms with Gasteiger partial charge in [0.1, 0.15) is 0 Å². The van der Waals surface area contributed by atoms with E-state index in [1.807, 2.05) is 6.92 Å². The first-order valence-corrected chi connectivity index (χ1v) is 8.00. The molecule has 0 spiro atoms. The van der Waals surface area contributed by atoms with Gasteiger partial charge in [-0.25, -0.2) is 4.98 Å². The van der Waals surface area contributed by atoms with Crippen molar-refractivity contribution < 1.29 is 0 Å². The highest BCUT2D eigenvalue weighted by atomic mass is 16.1. The standard InChI is InChI=1S/C16H29N3O/c1-3-4-5-6-7-8-9-10-11-12-14-13(2)18-16(17)19-15(14)20/h3-12H2,1-2H3,(H3,17,18,19,20).